The van der Waals surface area contributed by atoms with Crippen molar-refractivity contribution < 1.29 is 9.21 Å². The Kier molecular flexibility index (Phi) is 3.64. The van der Waals surface area contributed by atoms with Crippen LogP contribution in [0.15, 0.2) is 40.1 Å². The minimum atomic E-state index is -0.440. The number of hydrogen-bond donors (Lipinski definition) is 1. The number of H-pyrrole nitrogens is 1. The molecule has 3 aromatic heterocycles. The summed E-state index contributed by atoms with van der Waals surface area (Å²) in [7, 11) is 0. The molecule has 1 N–H and O–H groups in total. The van der Waals surface area contributed by atoms with E-state index in [1.807, 2.05) is 12.1 Å². The van der Waals surface area contributed by atoms with Crippen LogP contribution in [0.2, 0.25) is 0 Å². The van der Waals surface area contributed by atoms with Gasteiger partial charge in [0.05, 0.1) is 12.3 Å². The average molecular weight is 327 g/mol. The van der Waals surface area contributed by atoms with Gasteiger partial charge in [-0.15, -0.1) is 0 Å². The number of nitrogens with one attached hydrogen (secondary N) is 1. The van der Waals surface area contributed by atoms with Gasteiger partial charge in [-0.2, -0.15) is 4.52 Å². The van der Waals surface area contributed by atoms with Crippen molar-refractivity contribution in [3.05, 3.63) is 52.6 Å². The molecule has 0 saturated carbocycles. The van der Waals surface area contributed by atoms with Crippen LogP contribution in [0.3, 0.4) is 0 Å². The number of aromatic nitrogens is 4. The van der Waals surface area contributed by atoms with Crippen molar-refractivity contribution in [2.75, 3.05) is 6.54 Å². The summed E-state index contributed by atoms with van der Waals surface area (Å²) in [6, 6.07) is 3.53. The van der Waals surface area contributed by atoms with Gasteiger partial charge < -0.3 is 9.32 Å². The summed E-state index contributed by atoms with van der Waals surface area (Å²) >= 11 is 0. The molecule has 4 rings (SSSR count). The van der Waals surface area contributed by atoms with E-state index in [4.69, 9.17) is 4.42 Å². The largest absolute Gasteiger partial charge is 0.467 e. The van der Waals surface area contributed by atoms with Crippen LogP contribution < -0.4 is 5.56 Å². The fourth-order valence-electron chi connectivity index (χ4n) is 3.23. The SMILES string of the molecule is O=C(c1cnc2nc[nH]n2c1=O)N1CCCCC[C@H]1c1ccco1. The molecule has 0 spiro atoms. The van der Waals surface area contributed by atoms with Gasteiger partial charge in [-0.1, -0.05) is 12.8 Å². The van der Waals surface area contributed by atoms with Crippen LogP contribution in [0, 0.1) is 0 Å². The first-order valence-electron chi connectivity index (χ1n) is 8.01. The molecule has 0 unspecified atom stereocenters. The number of hydrogen-bond acceptors (Lipinski definition) is 5. The number of carbonyl (C=O) groups is 1. The van der Waals surface area contributed by atoms with E-state index in [1.54, 1.807) is 11.2 Å². The third-order valence-electron chi connectivity index (χ3n) is 4.43. The Hall–Kier alpha value is -2.90. The molecular weight excluding hydrogens is 310 g/mol. The highest BCUT2D eigenvalue weighted by atomic mass is 16.3. The lowest BCUT2D eigenvalue weighted by atomic mass is 10.1. The van der Waals surface area contributed by atoms with Gasteiger partial charge in [-0.05, 0) is 25.0 Å². The van der Waals surface area contributed by atoms with Crippen LogP contribution in [-0.4, -0.2) is 36.9 Å². The Morgan fingerprint density at radius 2 is 2.21 bits per heavy atom. The Balaban J connectivity index is 1.74. The minimum absolute atomic E-state index is 0.0372. The van der Waals surface area contributed by atoms with Crippen molar-refractivity contribution in [1.82, 2.24) is 24.5 Å². The summed E-state index contributed by atoms with van der Waals surface area (Å²) in [5, 5.41) is 2.68. The first-order valence-corrected chi connectivity index (χ1v) is 8.01. The van der Waals surface area contributed by atoms with E-state index in [0.29, 0.717) is 6.54 Å². The lowest BCUT2D eigenvalue weighted by molar-refractivity contribution is 0.0656. The molecule has 0 aromatic carbocycles. The molecule has 0 aliphatic carbocycles. The maximum absolute atomic E-state index is 13.0. The summed E-state index contributed by atoms with van der Waals surface area (Å²) < 4.78 is 6.70. The number of nitrogens with zero attached hydrogens (tertiary/aromatic N) is 4. The van der Waals surface area contributed by atoms with Crippen LogP contribution in [0.1, 0.15) is 47.8 Å². The van der Waals surface area contributed by atoms with E-state index >= 15 is 0 Å². The number of rotatable bonds is 2. The summed E-state index contributed by atoms with van der Waals surface area (Å²) in [4.78, 5) is 35.3. The average Bonchev–Trinajstić information content (AvgIpc) is 3.23. The van der Waals surface area contributed by atoms with Crippen LogP contribution in [-0.2, 0) is 0 Å². The lowest BCUT2D eigenvalue weighted by Gasteiger charge is -2.28. The first-order chi connectivity index (χ1) is 11.8. The predicted octanol–water partition coefficient (Wildman–Crippen LogP) is 1.77. The Bertz CT molecular complexity index is 911. The molecule has 3 aromatic rings. The van der Waals surface area contributed by atoms with E-state index in [1.165, 1.54) is 17.0 Å². The zero-order valence-corrected chi connectivity index (χ0v) is 13.0. The Morgan fingerprint density at radius 1 is 1.29 bits per heavy atom. The van der Waals surface area contributed by atoms with Crippen molar-refractivity contribution in [3.8, 4) is 0 Å². The minimum Gasteiger partial charge on any atom is -0.467 e. The Labute approximate surface area is 137 Å². The molecule has 1 fully saturated rings. The quantitative estimate of drug-likeness (QED) is 0.774. The number of carbonyl (C=O) groups excluding carboxylic acids is 1. The maximum Gasteiger partial charge on any atom is 0.286 e. The van der Waals surface area contributed by atoms with E-state index in [0.717, 1.165) is 31.4 Å². The van der Waals surface area contributed by atoms with Gasteiger partial charge in [0, 0.05) is 12.7 Å². The second kappa shape index (κ2) is 5.95. The van der Waals surface area contributed by atoms with Gasteiger partial charge in [0.2, 0.25) is 0 Å². The molecule has 1 aliphatic rings. The molecule has 0 bridgehead atoms. The molecule has 1 amide bonds. The monoisotopic (exact) mass is 327 g/mol. The predicted molar refractivity (Wildman–Crippen MR) is 84.6 cm³/mol. The van der Waals surface area contributed by atoms with Gasteiger partial charge in [0.1, 0.15) is 17.7 Å². The van der Waals surface area contributed by atoms with Gasteiger partial charge in [0.25, 0.3) is 17.2 Å². The van der Waals surface area contributed by atoms with Gasteiger partial charge in [-0.3, -0.25) is 14.7 Å². The second-order valence-electron chi connectivity index (χ2n) is 5.88. The molecule has 1 saturated heterocycles. The molecule has 24 heavy (non-hydrogen) atoms. The molecule has 8 heteroatoms. The number of fused-ring (bicyclic) bond motifs is 1. The molecule has 4 heterocycles. The molecule has 8 nitrogen and oxygen atoms in total. The zero-order chi connectivity index (χ0) is 16.5. The van der Waals surface area contributed by atoms with Crippen LogP contribution in [0.4, 0.5) is 0 Å². The van der Waals surface area contributed by atoms with Crippen molar-refractivity contribution in [3.63, 3.8) is 0 Å². The van der Waals surface area contributed by atoms with Crippen molar-refractivity contribution in [1.29, 1.82) is 0 Å². The lowest BCUT2D eigenvalue weighted by Crippen LogP contribution is -2.38. The highest BCUT2D eigenvalue weighted by molar-refractivity contribution is 5.94. The maximum atomic E-state index is 13.0. The fraction of sp³-hybridized carbons (Fsp3) is 0.375. The number of aromatic amines is 1. The smallest absolute Gasteiger partial charge is 0.286 e. The number of furan rings is 1. The second-order valence-corrected chi connectivity index (χ2v) is 5.88. The molecular formula is C16H17N5O3. The third-order valence-corrected chi connectivity index (χ3v) is 4.43. The molecule has 1 aliphatic heterocycles. The first kappa shape index (κ1) is 14.7. The van der Waals surface area contributed by atoms with E-state index in [-0.39, 0.29) is 23.3 Å². The molecule has 0 radical (unpaired) electrons. The summed E-state index contributed by atoms with van der Waals surface area (Å²) in [5.41, 5.74) is -0.403. The molecule has 1 atom stereocenters. The number of amides is 1. The highest BCUT2D eigenvalue weighted by Crippen LogP contribution is 2.31. The highest BCUT2D eigenvalue weighted by Gasteiger charge is 2.31. The van der Waals surface area contributed by atoms with Crippen molar-refractivity contribution >= 4 is 11.7 Å². The van der Waals surface area contributed by atoms with Gasteiger partial charge in [-0.25, -0.2) is 9.97 Å². The standard InChI is InChI=1S/C16H17N5O3/c22-14(11-9-17-16-18-10-19-21(16)15(11)23)20-7-3-1-2-5-12(20)13-6-4-8-24-13/h4,6,8-10,12H,1-3,5,7H2,(H,17,18,19)/t12-/m0/s1. The fourth-order valence-corrected chi connectivity index (χ4v) is 3.23. The Morgan fingerprint density at radius 3 is 3.04 bits per heavy atom. The van der Waals surface area contributed by atoms with E-state index < -0.39 is 5.56 Å². The van der Waals surface area contributed by atoms with Gasteiger partial charge >= 0.3 is 0 Å². The normalized spacial score (nSPS) is 18.7. The topological polar surface area (TPSA) is 96.5 Å². The summed E-state index contributed by atoms with van der Waals surface area (Å²) in [6.45, 7) is 0.593. The van der Waals surface area contributed by atoms with E-state index in [9.17, 15) is 9.59 Å². The van der Waals surface area contributed by atoms with Crippen LogP contribution in [0.25, 0.3) is 5.78 Å². The van der Waals surface area contributed by atoms with E-state index in [2.05, 4.69) is 15.1 Å². The third kappa shape index (κ3) is 2.40. The van der Waals surface area contributed by atoms with Crippen molar-refractivity contribution in [2.45, 2.75) is 31.7 Å². The molecule has 124 valence electrons. The van der Waals surface area contributed by atoms with Crippen LogP contribution in [0.5, 0.6) is 0 Å². The van der Waals surface area contributed by atoms with Gasteiger partial charge in [0.15, 0.2) is 0 Å². The summed E-state index contributed by atoms with van der Waals surface area (Å²) in [5.74, 6) is 0.677. The summed E-state index contributed by atoms with van der Waals surface area (Å²) in [6.07, 6.45) is 8.09. The number of likely N-dealkylation sites (tertiary alicyclic amines) is 1. The van der Waals surface area contributed by atoms with Crippen molar-refractivity contribution in [2.24, 2.45) is 0 Å². The zero-order valence-electron chi connectivity index (χ0n) is 13.0. The van der Waals surface area contributed by atoms with Crippen LogP contribution >= 0.6 is 0 Å².